The van der Waals surface area contributed by atoms with Gasteiger partial charge in [-0.3, -0.25) is 0 Å². The van der Waals surface area contributed by atoms with Crippen molar-refractivity contribution >= 4 is 32.7 Å². The Morgan fingerprint density at radius 2 is 1.96 bits per heavy atom. The van der Waals surface area contributed by atoms with Crippen molar-refractivity contribution in [3.63, 3.8) is 0 Å². The standard InChI is InChI=1S/C17H17NO3S3/c1-12-4-2-5-14(10-12)24(20,21)18-11-13-7-8-16(23-13)17(19)15-6-3-9-22-15/h2-10,17-19H,11H2,1H3. The monoisotopic (exact) mass is 379 g/mol. The van der Waals surface area contributed by atoms with Gasteiger partial charge in [-0.05, 0) is 48.2 Å². The van der Waals surface area contributed by atoms with Gasteiger partial charge in [-0.25, -0.2) is 13.1 Å². The number of aliphatic hydroxyl groups excluding tert-OH is 1. The van der Waals surface area contributed by atoms with E-state index in [1.807, 2.05) is 42.6 Å². The lowest BCUT2D eigenvalue weighted by molar-refractivity contribution is 0.228. The number of rotatable bonds is 6. The van der Waals surface area contributed by atoms with Gasteiger partial charge < -0.3 is 5.11 Å². The maximum atomic E-state index is 12.3. The molecule has 0 radical (unpaired) electrons. The Morgan fingerprint density at radius 1 is 1.12 bits per heavy atom. The minimum absolute atomic E-state index is 0.206. The number of sulfonamides is 1. The number of nitrogens with one attached hydrogen (secondary N) is 1. The van der Waals surface area contributed by atoms with E-state index in [4.69, 9.17) is 0 Å². The van der Waals surface area contributed by atoms with Crippen molar-refractivity contribution < 1.29 is 13.5 Å². The van der Waals surface area contributed by atoms with Gasteiger partial charge >= 0.3 is 0 Å². The van der Waals surface area contributed by atoms with Crippen molar-refractivity contribution in [2.45, 2.75) is 24.5 Å². The largest absolute Gasteiger partial charge is 0.382 e. The number of hydrogen-bond acceptors (Lipinski definition) is 5. The van der Waals surface area contributed by atoms with Crippen molar-refractivity contribution in [1.29, 1.82) is 0 Å². The molecule has 0 bridgehead atoms. The number of aliphatic hydroxyl groups is 1. The van der Waals surface area contributed by atoms with E-state index < -0.39 is 16.1 Å². The zero-order valence-electron chi connectivity index (χ0n) is 13.0. The molecule has 0 spiro atoms. The van der Waals surface area contributed by atoms with E-state index in [0.29, 0.717) is 0 Å². The smallest absolute Gasteiger partial charge is 0.240 e. The maximum absolute atomic E-state index is 12.3. The Morgan fingerprint density at radius 3 is 2.67 bits per heavy atom. The zero-order chi connectivity index (χ0) is 17.2. The summed E-state index contributed by atoms with van der Waals surface area (Å²) in [6.45, 7) is 2.06. The predicted octanol–water partition coefficient (Wildman–Crippen LogP) is 3.68. The Hall–Kier alpha value is -1.51. The number of hydrogen-bond donors (Lipinski definition) is 2. The average Bonchev–Trinajstić information content (AvgIpc) is 3.24. The van der Waals surface area contributed by atoms with E-state index in [9.17, 15) is 13.5 Å². The van der Waals surface area contributed by atoms with Crippen molar-refractivity contribution in [2.75, 3.05) is 0 Å². The summed E-state index contributed by atoms with van der Waals surface area (Å²) < 4.78 is 27.3. The SMILES string of the molecule is Cc1cccc(S(=O)(=O)NCc2ccc(C(O)c3cccs3)s2)c1. The quantitative estimate of drug-likeness (QED) is 0.687. The molecule has 4 nitrogen and oxygen atoms in total. The average molecular weight is 380 g/mol. The predicted molar refractivity (Wildman–Crippen MR) is 97.9 cm³/mol. The maximum Gasteiger partial charge on any atom is 0.240 e. The van der Waals surface area contributed by atoms with Crippen LogP contribution in [0, 0.1) is 6.92 Å². The molecule has 0 aliphatic rings. The number of thiophene rings is 2. The Bertz CT molecular complexity index is 914. The molecular formula is C17H17NO3S3. The summed E-state index contributed by atoms with van der Waals surface area (Å²) in [6, 6.07) is 14.3. The summed E-state index contributed by atoms with van der Waals surface area (Å²) in [5, 5.41) is 12.2. The van der Waals surface area contributed by atoms with Crippen molar-refractivity contribution in [1.82, 2.24) is 4.72 Å². The highest BCUT2D eigenvalue weighted by Gasteiger charge is 2.16. The highest BCUT2D eigenvalue weighted by molar-refractivity contribution is 7.89. The van der Waals surface area contributed by atoms with Gasteiger partial charge in [-0.2, -0.15) is 0 Å². The fourth-order valence-corrected chi connectivity index (χ4v) is 5.22. The third kappa shape index (κ3) is 3.93. The van der Waals surface area contributed by atoms with Crippen LogP contribution in [0.1, 0.15) is 26.3 Å². The van der Waals surface area contributed by atoms with Gasteiger partial charge in [0.05, 0.1) is 4.90 Å². The van der Waals surface area contributed by atoms with Crippen LogP contribution in [0.5, 0.6) is 0 Å². The van der Waals surface area contributed by atoms with Crippen molar-refractivity contribution in [3.05, 3.63) is 74.1 Å². The van der Waals surface area contributed by atoms with E-state index in [1.54, 1.807) is 18.2 Å². The summed E-state index contributed by atoms with van der Waals surface area (Å²) in [5.74, 6) is 0. The van der Waals surface area contributed by atoms with Crippen LogP contribution in [-0.2, 0) is 16.6 Å². The molecule has 0 saturated carbocycles. The molecule has 1 aromatic carbocycles. The number of aryl methyl sites for hydroxylation is 1. The summed E-state index contributed by atoms with van der Waals surface area (Å²) in [5.41, 5.74) is 0.898. The lowest BCUT2D eigenvalue weighted by atomic mass is 10.2. The Balaban J connectivity index is 1.69. The van der Waals surface area contributed by atoms with Gasteiger partial charge in [-0.15, -0.1) is 22.7 Å². The fourth-order valence-electron chi connectivity index (χ4n) is 2.26. The van der Waals surface area contributed by atoms with Gasteiger partial charge in [0, 0.05) is 21.2 Å². The first kappa shape index (κ1) is 17.3. The van der Waals surface area contributed by atoms with Crippen molar-refractivity contribution in [3.8, 4) is 0 Å². The fraction of sp³-hybridized carbons (Fsp3) is 0.176. The van der Waals surface area contributed by atoms with E-state index >= 15 is 0 Å². The third-order valence-electron chi connectivity index (χ3n) is 3.50. The van der Waals surface area contributed by atoms with Gasteiger partial charge in [0.15, 0.2) is 0 Å². The van der Waals surface area contributed by atoms with Crippen molar-refractivity contribution in [2.24, 2.45) is 0 Å². The molecule has 0 fully saturated rings. The highest BCUT2D eigenvalue weighted by atomic mass is 32.2. The molecule has 2 heterocycles. The van der Waals surface area contributed by atoms with Crippen LogP contribution < -0.4 is 4.72 Å². The Labute approximate surface area is 149 Å². The second-order valence-electron chi connectivity index (χ2n) is 5.36. The van der Waals surface area contributed by atoms with Crippen LogP contribution in [0.2, 0.25) is 0 Å². The molecule has 1 atom stereocenters. The third-order valence-corrected chi connectivity index (χ3v) is 6.96. The summed E-state index contributed by atoms with van der Waals surface area (Å²) >= 11 is 2.90. The molecule has 2 N–H and O–H groups in total. The molecule has 0 aliphatic heterocycles. The van der Waals surface area contributed by atoms with E-state index in [0.717, 1.165) is 20.2 Å². The van der Waals surface area contributed by atoms with Crippen LogP contribution in [0.15, 0.2) is 58.8 Å². The second-order valence-corrected chi connectivity index (χ2v) is 9.31. The van der Waals surface area contributed by atoms with Crippen LogP contribution in [0.25, 0.3) is 0 Å². The van der Waals surface area contributed by atoms with Crippen LogP contribution in [-0.4, -0.2) is 13.5 Å². The number of benzene rings is 1. The molecule has 0 saturated heterocycles. The first-order chi connectivity index (χ1) is 11.5. The molecule has 1 unspecified atom stereocenters. The van der Waals surface area contributed by atoms with E-state index in [-0.39, 0.29) is 11.4 Å². The van der Waals surface area contributed by atoms with E-state index in [1.165, 1.54) is 22.7 Å². The minimum atomic E-state index is -3.54. The molecule has 0 aliphatic carbocycles. The lowest BCUT2D eigenvalue weighted by Crippen LogP contribution is -2.22. The van der Waals surface area contributed by atoms with Crippen LogP contribution in [0.3, 0.4) is 0 Å². The van der Waals surface area contributed by atoms with Gasteiger partial charge in [0.1, 0.15) is 6.10 Å². The first-order valence-corrected chi connectivity index (χ1v) is 10.5. The molecule has 3 aromatic rings. The molecular weight excluding hydrogens is 362 g/mol. The normalized spacial score (nSPS) is 13.1. The minimum Gasteiger partial charge on any atom is -0.382 e. The van der Waals surface area contributed by atoms with E-state index in [2.05, 4.69) is 4.72 Å². The van der Waals surface area contributed by atoms with Gasteiger partial charge in [-0.1, -0.05) is 18.2 Å². The molecule has 24 heavy (non-hydrogen) atoms. The summed E-state index contributed by atoms with van der Waals surface area (Å²) in [4.78, 5) is 2.81. The highest BCUT2D eigenvalue weighted by Crippen LogP contribution is 2.31. The first-order valence-electron chi connectivity index (χ1n) is 7.32. The van der Waals surface area contributed by atoms with Crippen LogP contribution >= 0.6 is 22.7 Å². The molecule has 7 heteroatoms. The summed E-state index contributed by atoms with van der Waals surface area (Å²) in [7, 11) is -3.54. The Kier molecular flexibility index (Phi) is 5.17. The molecule has 3 rings (SSSR count). The zero-order valence-corrected chi connectivity index (χ0v) is 15.4. The van der Waals surface area contributed by atoms with Gasteiger partial charge in [0.25, 0.3) is 0 Å². The molecule has 2 aromatic heterocycles. The summed E-state index contributed by atoms with van der Waals surface area (Å²) in [6.07, 6.45) is -0.655. The second kappa shape index (κ2) is 7.16. The van der Waals surface area contributed by atoms with Gasteiger partial charge in [0.2, 0.25) is 10.0 Å². The topological polar surface area (TPSA) is 66.4 Å². The lowest BCUT2D eigenvalue weighted by Gasteiger charge is -2.07. The molecule has 126 valence electrons. The molecule has 0 amide bonds. The van der Waals surface area contributed by atoms with Crippen LogP contribution in [0.4, 0.5) is 0 Å².